The van der Waals surface area contributed by atoms with Gasteiger partial charge in [0, 0.05) is 22.2 Å². The SMILES string of the molecule is COc1c(Cl)cc(Cl)cc1CNc1ccc(Cl)cc1Cl. The molecule has 0 saturated heterocycles. The van der Waals surface area contributed by atoms with Crippen molar-refractivity contribution in [3.63, 3.8) is 0 Å². The molecule has 2 aromatic rings. The van der Waals surface area contributed by atoms with Gasteiger partial charge < -0.3 is 10.1 Å². The van der Waals surface area contributed by atoms with Gasteiger partial charge in [-0.1, -0.05) is 46.4 Å². The lowest BCUT2D eigenvalue weighted by molar-refractivity contribution is 0.410. The Morgan fingerprint density at radius 1 is 0.950 bits per heavy atom. The van der Waals surface area contributed by atoms with Crippen molar-refractivity contribution < 1.29 is 4.74 Å². The summed E-state index contributed by atoms with van der Waals surface area (Å²) in [5, 5.41) is 5.35. The van der Waals surface area contributed by atoms with Crippen LogP contribution in [-0.2, 0) is 6.54 Å². The van der Waals surface area contributed by atoms with Gasteiger partial charge >= 0.3 is 0 Å². The van der Waals surface area contributed by atoms with Crippen molar-refractivity contribution in [3.8, 4) is 5.75 Å². The molecule has 0 aromatic heterocycles. The molecule has 0 atom stereocenters. The zero-order valence-electron chi connectivity index (χ0n) is 10.5. The summed E-state index contributed by atoms with van der Waals surface area (Å²) in [6.07, 6.45) is 0. The molecule has 0 heterocycles. The van der Waals surface area contributed by atoms with Gasteiger partial charge in [0.25, 0.3) is 0 Å². The number of rotatable bonds is 4. The normalized spacial score (nSPS) is 10.4. The van der Waals surface area contributed by atoms with E-state index in [4.69, 9.17) is 51.1 Å². The number of ether oxygens (including phenoxy) is 1. The smallest absolute Gasteiger partial charge is 0.142 e. The molecule has 106 valence electrons. The first-order chi connectivity index (χ1) is 9.51. The molecule has 1 N–H and O–H groups in total. The highest BCUT2D eigenvalue weighted by atomic mass is 35.5. The standard InChI is InChI=1S/C14H11Cl4NO/c1-20-14-8(4-10(16)6-12(14)18)7-19-13-3-2-9(15)5-11(13)17/h2-6,19H,7H2,1H3. The van der Waals surface area contributed by atoms with Crippen molar-refractivity contribution in [2.75, 3.05) is 12.4 Å². The Morgan fingerprint density at radius 3 is 2.30 bits per heavy atom. The molecule has 0 bridgehead atoms. The van der Waals surface area contributed by atoms with Gasteiger partial charge in [-0.2, -0.15) is 0 Å². The predicted octanol–water partition coefficient (Wildman–Crippen LogP) is 5.92. The molecule has 0 fully saturated rings. The molecule has 0 unspecified atom stereocenters. The second kappa shape index (κ2) is 6.77. The fraction of sp³-hybridized carbons (Fsp3) is 0.143. The molecule has 0 aliphatic carbocycles. The fourth-order valence-corrected chi connectivity index (χ4v) is 2.88. The Kier molecular flexibility index (Phi) is 5.28. The molecular weight excluding hydrogens is 340 g/mol. The van der Waals surface area contributed by atoms with Crippen LogP contribution in [0.2, 0.25) is 20.1 Å². The Labute approximate surface area is 137 Å². The molecule has 2 aromatic carbocycles. The van der Waals surface area contributed by atoms with Crippen molar-refractivity contribution in [2.24, 2.45) is 0 Å². The van der Waals surface area contributed by atoms with Gasteiger partial charge in [0.15, 0.2) is 0 Å². The molecule has 0 spiro atoms. The maximum atomic E-state index is 6.10. The highest BCUT2D eigenvalue weighted by Gasteiger charge is 2.10. The van der Waals surface area contributed by atoms with E-state index in [1.807, 2.05) is 6.07 Å². The summed E-state index contributed by atoms with van der Waals surface area (Å²) in [4.78, 5) is 0. The van der Waals surface area contributed by atoms with Crippen LogP contribution in [-0.4, -0.2) is 7.11 Å². The number of halogens is 4. The van der Waals surface area contributed by atoms with E-state index in [1.54, 1.807) is 31.4 Å². The maximum Gasteiger partial charge on any atom is 0.142 e. The van der Waals surface area contributed by atoms with E-state index < -0.39 is 0 Å². The summed E-state index contributed by atoms with van der Waals surface area (Å²) in [7, 11) is 1.56. The van der Waals surface area contributed by atoms with Gasteiger partial charge in [-0.15, -0.1) is 0 Å². The third kappa shape index (κ3) is 3.64. The minimum absolute atomic E-state index is 0.471. The van der Waals surface area contributed by atoms with Crippen molar-refractivity contribution >= 4 is 52.1 Å². The minimum atomic E-state index is 0.471. The first kappa shape index (κ1) is 15.6. The topological polar surface area (TPSA) is 21.3 Å². The van der Waals surface area contributed by atoms with Crippen molar-refractivity contribution in [3.05, 3.63) is 56.0 Å². The Bertz CT molecular complexity index is 631. The van der Waals surface area contributed by atoms with E-state index in [9.17, 15) is 0 Å². The number of hydrogen-bond acceptors (Lipinski definition) is 2. The zero-order chi connectivity index (χ0) is 14.7. The van der Waals surface area contributed by atoms with E-state index in [2.05, 4.69) is 5.32 Å². The fourth-order valence-electron chi connectivity index (χ4n) is 1.80. The largest absolute Gasteiger partial charge is 0.495 e. The Balaban J connectivity index is 2.22. The van der Waals surface area contributed by atoms with Crippen LogP contribution in [0.1, 0.15) is 5.56 Å². The predicted molar refractivity (Wildman–Crippen MR) is 86.8 cm³/mol. The molecular formula is C14H11Cl4NO. The lowest BCUT2D eigenvalue weighted by Gasteiger charge is -2.13. The Hall–Kier alpha value is -0.800. The minimum Gasteiger partial charge on any atom is -0.495 e. The molecule has 0 aliphatic heterocycles. The first-order valence-electron chi connectivity index (χ1n) is 5.72. The summed E-state index contributed by atoms with van der Waals surface area (Å²) >= 11 is 24.0. The number of methoxy groups -OCH3 is 1. The van der Waals surface area contributed by atoms with Crippen LogP contribution in [0.3, 0.4) is 0 Å². The van der Waals surface area contributed by atoms with Crippen LogP contribution in [0.4, 0.5) is 5.69 Å². The highest BCUT2D eigenvalue weighted by Crippen LogP contribution is 2.33. The summed E-state index contributed by atoms with van der Waals surface area (Å²) in [5.74, 6) is 0.591. The van der Waals surface area contributed by atoms with Crippen LogP contribution in [0.15, 0.2) is 30.3 Å². The average Bonchev–Trinajstić information content (AvgIpc) is 2.37. The van der Waals surface area contributed by atoms with Gasteiger partial charge in [-0.25, -0.2) is 0 Å². The summed E-state index contributed by atoms with van der Waals surface area (Å²) in [6, 6.07) is 8.68. The monoisotopic (exact) mass is 349 g/mol. The number of anilines is 1. The zero-order valence-corrected chi connectivity index (χ0v) is 13.5. The molecule has 20 heavy (non-hydrogen) atoms. The van der Waals surface area contributed by atoms with E-state index in [0.717, 1.165) is 11.3 Å². The maximum absolute atomic E-state index is 6.10. The van der Waals surface area contributed by atoms with Gasteiger partial charge in [-0.3, -0.25) is 0 Å². The molecule has 0 aliphatic rings. The summed E-state index contributed by atoms with van der Waals surface area (Å²) in [5.41, 5.74) is 1.62. The van der Waals surface area contributed by atoms with Gasteiger partial charge in [-0.05, 0) is 30.3 Å². The molecule has 2 nitrogen and oxygen atoms in total. The van der Waals surface area contributed by atoms with Crippen LogP contribution in [0.5, 0.6) is 5.75 Å². The number of nitrogens with one attached hydrogen (secondary N) is 1. The quantitative estimate of drug-likeness (QED) is 0.738. The molecule has 0 radical (unpaired) electrons. The molecule has 0 amide bonds. The third-order valence-corrected chi connectivity index (χ3v) is 3.74. The third-order valence-electron chi connectivity index (χ3n) is 2.69. The average molecular weight is 351 g/mol. The Morgan fingerprint density at radius 2 is 1.65 bits per heavy atom. The number of hydrogen-bond donors (Lipinski definition) is 1. The van der Waals surface area contributed by atoms with Crippen LogP contribution in [0.25, 0.3) is 0 Å². The molecule has 6 heteroatoms. The molecule has 2 rings (SSSR count). The molecule has 0 saturated carbocycles. The van der Waals surface area contributed by atoms with Crippen molar-refractivity contribution in [1.82, 2.24) is 0 Å². The number of benzene rings is 2. The van der Waals surface area contributed by atoms with Gasteiger partial charge in [0.1, 0.15) is 5.75 Å². The van der Waals surface area contributed by atoms with Crippen LogP contribution >= 0.6 is 46.4 Å². The second-order valence-corrected chi connectivity index (χ2v) is 5.74. The van der Waals surface area contributed by atoms with Crippen molar-refractivity contribution in [1.29, 1.82) is 0 Å². The lowest BCUT2D eigenvalue weighted by Crippen LogP contribution is -2.02. The summed E-state index contributed by atoms with van der Waals surface area (Å²) in [6.45, 7) is 0.477. The van der Waals surface area contributed by atoms with Crippen LogP contribution in [0, 0.1) is 0 Å². The van der Waals surface area contributed by atoms with Crippen LogP contribution < -0.4 is 10.1 Å². The summed E-state index contributed by atoms with van der Waals surface area (Å²) < 4.78 is 5.28. The highest BCUT2D eigenvalue weighted by molar-refractivity contribution is 6.36. The van der Waals surface area contributed by atoms with E-state index in [-0.39, 0.29) is 0 Å². The lowest BCUT2D eigenvalue weighted by atomic mass is 10.2. The van der Waals surface area contributed by atoms with Gasteiger partial charge in [0.2, 0.25) is 0 Å². The first-order valence-corrected chi connectivity index (χ1v) is 7.23. The van der Waals surface area contributed by atoms with E-state index in [1.165, 1.54) is 0 Å². The van der Waals surface area contributed by atoms with E-state index in [0.29, 0.717) is 32.4 Å². The van der Waals surface area contributed by atoms with Gasteiger partial charge in [0.05, 0.1) is 22.8 Å². The van der Waals surface area contributed by atoms with Crippen molar-refractivity contribution in [2.45, 2.75) is 6.54 Å². The second-order valence-electron chi connectivity index (χ2n) is 4.06. The van der Waals surface area contributed by atoms with E-state index >= 15 is 0 Å².